The predicted molar refractivity (Wildman–Crippen MR) is 90.1 cm³/mol. The zero-order valence-electron chi connectivity index (χ0n) is 13.4. The second-order valence-corrected chi connectivity index (χ2v) is 6.83. The number of nitrogens with zero attached hydrogens (tertiary/aromatic N) is 1. The van der Waals surface area contributed by atoms with Gasteiger partial charge in [-0.2, -0.15) is 0 Å². The molecular formula is C18H23ClN2O2. The number of rotatable bonds is 4. The standard InChI is InChI=1S/C18H23ClN2O2/c1-2-21-16(22)11-10-14(18(23)20-12-6-5-7-12)17(21)13-8-3-4-9-15(13)19/h3-4,8-9,12,14,17H,2,5-7,10-11H2,1H3,(H,20,23)/t14-,17+/m1/s1. The molecule has 1 aliphatic carbocycles. The smallest absolute Gasteiger partial charge is 0.225 e. The van der Waals surface area contributed by atoms with Crippen LogP contribution in [0.25, 0.3) is 0 Å². The fraction of sp³-hybridized carbons (Fsp3) is 0.556. The third-order valence-electron chi connectivity index (χ3n) is 5.06. The van der Waals surface area contributed by atoms with Crippen molar-refractivity contribution >= 4 is 23.4 Å². The average molecular weight is 335 g/mol. The minimum atomic E-state index is -0.268. The van der Waals surface area contributed by atoms with Crippen molar-refractivity contribution in [3.05, 3.63) is 34.9 Å². The number of benzene rings is 1. The van der Waals surface area contributed by atoms with Gasteiger partial charge in [0.05, 0.1) is 12.0 Å². The third kappa shape index (κ3) is 3.23. The van der Waals surface area contributed by atoms with Gasteiger partial charge >= 0.3 is 0 Å². The molecule has 1 saturated heterocycles. The van der Waals surface area contributed by atoms with E-state index < -0.39 is 0 Å². The summed E-state index contributed by atoms with van der Waals surface area (Å²) in [5.41, 5.74) is 0.873. The zero-order valence-corrected chi connectivity index (χ0v) is 14.2. The van der Waals surface area contributed by atoms with Crippen LogP contribution in [0.4, 0.5) is 0 Å². The second-order valence-electron chi connectivity index (χ2n) is 6.43. The van der Waals surface area contributed by atoms with Gasteiger partial charge in [0, 0.05) is 24.0 Å². The van der Waals surface area contributed by atoms with E-state index in [1.54, 1.807) is 4.90 Å². The van der Waals surface area contributed by atoms with E-state index >= 15 is 0 Å². The number of carbonyl (C=O) groups excluding carboxylic acids is 2. The Kier molecular flexibility index (Phi) is 4.90. The molecule has 2 aliphatic rings. The van der Waals surface area contributed by atoms with Gasteiger partial charge in [-0.15, -0.1) is 0 Å². The Morgan fingerprint density at radius 3 is 2.65 bits per heavy atom. The molecule has 4 nitrogen and oxygen atoms in total. The Morgan fingerprint density at radius 1 is 1.30 bits per heavy atom. The van der Waals surface area contributed by atoms with E-state index in [4.69, 9.17) is 11.6 Å². The van der Waals surface area contributed by atoms with Crippen LogP contribution < -0.4 is 5.32 Å². The SMILES string of the molecule is CCN1C(=O)CC[C@@H](C(=O)NC2CCC2)[C@@H]1c1ccccc1Cl. The lowest BCUT2D eigenvalue weighted by Gasteiger charge is -2.41. The highest BCUT2D eigenvalue weighted by Gasteiger charge is 2.41. The molecule has 2 atom stereocenters. The summed E-state index contributed by atoms with van der Waals surface area (Å²) < 4.78 is 0. The largest absolute Gasteiger partial charge is 0.353 e. The van der Waals surface area contributed by atoms with E-state index in [2.05, 4.69) is 5.32 Å². The first kappa shape index (κ1) is 16.3. The van der Waals surface area contributed by atoms with Crippen LogP contribution in [0.15, 0.2) is 24.3 Å². The van der Waals surface area contributed by atoms with Crippen molar-refractivity contribution in [3.8, 4) is 0 Å². The van der Waals surface area contributed by atoms with Gasteiger partial charge in [0.2, 0.25) is 11.8 Å². The van der Waals surface area contributed by atoms with E-state index in [0.29, 0.717) is 30.5 Å². The minimum absolute atomic E-state index is 0.0607. The van der Waals surface area contributed by atoms with Crippen molar-refractivity contribution in [1.29, 1.82) is 0 Å². The van der Waals surface area contributed by atoms with Crippen LogP contribution in [0, 0.1) is 5.92 Å². The van der Waals surface area contributed by atoms with Gasteiger partial charge < -0.3 is 10.2 Å². The number of likely N-dealkylation sites (tertiary alicyclic amines) is 1. The number of piperidine rings is 1. The van der Waals surface area contributed by atoms with E-state index in [9.17, 15) is 9.59 Å². The lowest BCUT2D eigenvalue weighted by atomic mass is 9.82. The molecule has 0 spiro atoms. The van der Waals surface area contributed by atoms with Gasteiger partial charge in [-0.25, -0.2) is 0 Å². The normalized spacial score (nSPS) is 25.1. The van der Waals surface area contributed by atoms with Crippen molar-refractivity contribution in [2.45, 2.75) is 51.1 Å². The van der Waals surface area contributed by atoms with Gasteiger partial charge in [-0.1, -0.05) is 29.8 Å². The van der Waals surface area contributed by atoms with Crippen molar-refractivity contribution in [2.75, 3.05) is 6.54 Å². The van der Waals surface area contributed by atoms with Gasteiger partial charge in [0.25, 0.3) is 0 Å². The van der Waals surface area contributed by atoms with Gasteiger partial charge in [-0.05, 0) is 44.2 Å². The summed E-state index contributed by atoms with van der Waals surface area (Å²) in [4.78, 5) is 26.9. The van der Waals surface area contributed by atoms with Crippen LogP contribution in [0.1, 0.15) is 50.6 Å². The molecule has 0 radical (unpaired) electrons. The second kappa shape index (κ2) is 6.91. The minimum Gasteiger partial charge on any atom is -0.353 e. The van der Waals surface area contributed by atoms with Crippen molar-refractivity contribution in [2.24, 2.45) is 5.92 Å². The maximum atomic E-state index is 12.8. The number of hydrogen-bond donors (Lipinski definition) is 1. The quantitative estimate of drug-likeness (QED) is 0.918. The number of carbonyl (C=O) groups is 2. The van der Waals surface area contributed by atoms with Gasteiger partial charge in [0.1, 0.15) is 0 Å². The Hall–Kier alpha value is -1.55. The van der Waals surface area contributed by atoms with Crippen LogP contribution in [0.2, 0.25) is 5.02 Å². The monoisotopic (exact) mass is 334 g/mol. The Bertz CT molecular complexity index is 600. The first-order valence-electron chi connectivity index (χ1n) is 8.46. The molecule has 5 heteroatoms. The molecule has 1 saturated carbocycles. The Balaban J connectivity index is 1.90. The first-order chi connectivity index (χ1) is 11.1. The molecule has 0 bridgehead atoms. The van der Waals surface area contributed by atoms with Gasteiger partial charge in [-0.3, -0.25) is 9.59 Å². The molecule has 1 heterocycles. The van der Waals surface area contributed by atoms with Crippen molar-refractivity contribution in [3.63, 3.8) is 0 Å². The molecular weight excluding hydrogens is 312 g/mol. The maximum Gasteiger partial charge on any atom is 0.225 e. The Morgan fingerprint density at radius 2 is 2.04 bits per heavy atom. The molecule has 2 fully saturated rings. The molecule has 1 aromatic carbocycles. The van der Waals surface area contributed by atoms with Crippen molar-refractivity contribution < 1.29 is 9.59 Å². The van der Waals surface area contributed by atoms with Crippen LogP contribution in [0.5, 0.6) is 0 Å². The molecule has 0 unspecified atom stereocenters. The first-order valence-corrected chi connectivity index (χ1v) is 8.84. The molecule has 1 N–H and O–H groups in total. The molecule has 2 amide bonds. The molecule has 3 rings (SSSR count). The lowest BCUT2D eigenvalue weighted by Crippen LogP contribution is -2.50. The molecule has 1 aromatic rings. The van der Waals surface area contributed by atoms with Crippen LogP contribution in [-0.2, 0) is 9.59 Å². The van der Waals surface area contributed by atoms with Crippen LogP contribution >= 0.6 is 11.6 Å². The lowest BCUT2D eigenvalue weighted by molar-refractivity contribution is -0.143. The maximum absolute atomic E-state index is 12.8. The van der Waals surface area contributed by atoms with Crippen molar-refractivity contribution in [1.82, 2.24) is 10.2 Å². The van der Waals surface area contributed by atoms with Crippen LogP contribution in [-0.4, -0.2) is 29.3 Å². The molecule has 1 aliphatic heterocycles. The summed E-state index contributed by atoms with van der Waals surface area (Å²) in [5, 5.41) is 3.76. The van der Waals surface area contributed by atoms with E-state index in [0.717, 1.165) is 18.4 Å². The fourth-order valence-electron chi connectivity index (χ4n) is 3.56. The summed E-state index contributed by atoms with van der Waals surface area (Å²) in [6.45, 7) is 2.54. The highest BCUT2D eigenvalue weighted by Crippen LogP contribution is 2.39. The van der Waals surface area contributed by atoms with Crippen LogP contribution in [0.3, 0.4) is 0 Å². The average Bonchev–Trinajstić information content (AvgIpc) is 2.51. The summed E-state index contributed by atoms with van der Waals surface area (Å²) in [6, 6.07) is 7.57. The topological polar surface area (TPSA) is 49.4 Å². The van der Waals surface area contributed by atoms with E-state index in [1.807, 2.05) is 31.2 Å². The number of nitrogens with one attached hydrogen (secondary N) is 1. The highest BCUT2D eigenvalue weighted by atomic mass is 35.5. The zero-order chi connectivity index (χ0) is 16.4. The predicted octanol–water partition coefficient (Wildman–Crippen LogP) is 3.31. The van der Waals surface area contributed by atoms with E-state index in [1.165, 1.54) is 6.42 Å². The summed E-state index contributed by atoms with van der Waals surface area (Å²) in [5.74, 6) is -0.0659. The number of hydrogen-bond acceptors (Lipinski definition) is 2. The summed E-state index contributed by atoms with van der Waals surface area (Å²) in [7, 11) is 0. The fourth-order valence-corrected chi connectivity index (χ4v) is 3.81. The Labute approximate surface area is 142 Å². The highest BCUT2D eigenvalue weighted by molar-refractivity contribution is 6.31. The number of amides is 2. The summed E-state index contributed by atoms with van der Waals surface area (Å²) in [6.07, 6.45) is 4.32. The number of halogens is 1. The molecule has 124 valence electrons. The summed E-state index contributed by atoms with van der Waals surface area (Å²) >= 11 is 6.37. The third-order valence-corrected chi connectivity index (χ3v) is 5.40. The van der Waals surface area contributed by atoms with Gasteiger partial charge in [0.15, 0.2) is 0 Å². The molecule has 23 heavy (non-hydrogen) atoms. The molecule has 0 aromatic heterocycles. The van der Waals surface area contributed by atoms with E-state index in [-0.39, 0.29) is 23.8 Å².